The van der Waals surface area contributed by atoms with Crippen molar-refractivity contribution in [2.24, 2.45) is 0 Å². The fourth-order valence-corrected chi connectivity index (χ4v) is 2.33. The van der Waals surface area contributed by atoms with Gasteiger partial charge in [0.2, 0.25) is 6.41 Å². The predicted molar refractivity (Wildman–Crippen MR) is 64.3 cm³/mol. The van der Waals surface area contributed by atoms with Gasteiger partial charge in [-0.25, -0.2) is 4.79 Å². The Morgan fingerprint density at radius 3 is 2.76 bits per heavy atom. The van der Waals surface area contributed by atoms with Crippen molar-refractivity contribution in [2.45, 2.75) is 25.3 Å². The smallest absolute Gasteiger partial charge is 0.317 e. The van der Waals surface area contributed by atoms with Crippen molar-refractivity contribution in [2.75, 3.05) is 6.54 Å². The average molecular weight is 232 g/mol. The van der Waals surface area contributed by atoms with E-state index in [1.165, 1.54) is 0 Å². The van der Waals surface area contributed by atoms with E-state index in [1.807, 2.05) is 30.3 Å². The Kier molecular flexibility index (Phi) is 3.75. The van der Waals surface area contributed by atoms with Gasteiger partial charge in [0.05, 0.1) is 6.04 Å². The molecule has 1 N–H and O–H groups in total. The summed E-state index contributed by atoms with van der Waals surface area (Å²) in [5.74, 6) is 0. The number of hydrogen-bond donors (Lipinski definition) is 1. The van der Waals surface area contributed by atoms with Crippen LogP contribution < -0.4 is 5.32 Å². The highest BCUT2D eigenvalue weighted by Gasteiger charge is 2.27. The molecule has 0 spiro atoms. The highest BCUT2D eigenvalue weighted by molar-refractivity contribution is 5.84. The summed E-state index contributed by atoms with van der Waals surface area (Å²) in [5.41, 5.74) is 1.13. The maximum atomic E-state index is 11.8. The van der Waals surface area contributed by atoms with Crippen molar-refractivity contribution in [3.05, 3.63) is 35.9 Å². The van der Waals surface area contributed by atoms with Gasteiger partial charge in [0, 0.05) is 6.54 Å². The molecule has 0 radical (unpaired) electrons. The van der Waals surface area contributed by atoms with Gasteiger partial charge in [0.1, 0.15) is 0 Å². The van der Waals surface area contributed by atoms with Crippen LogP contribution >= 0.6 is 0 Å². The van der Waals surface area contributed by atoms with Crippen molar-refractivity contribution in [1.29, 1.82) is 0 Å². The number of nitrogens with one attached hydrogen (secondary N) is 1. The lowest BCUT2D eigenvalue weighted by Crippen LogP contribution is -2.44. The minimum absolute atomic E-state index is 0.0879. The van der Waals surface area contributed by atoms with Crippen LogP contribution in [0.15, 0.2) is 30.3 Å². The second-order valence-electron chi connectivity index (χ2n) is 4.18. The van der Waals surface area contributed by atoms with Crippen molar-refractivity contribution in [3.8, 4) is 0 Å². The number of urea groups is 1. The first-order valence-corrected chi connectivity index (χ1v) is 5.88. The monoisotopic (exact) mass is 232 g/mol. The summed E-state index contributed by atoms with van der Waals surface area (Å²) in [5, 5.41) is 2.22. The van der Waals surface area contributed by atoms with Crippen LogP contribution in [0.2, 0.25) is 0 Å². The zero-order chi connectivity index (χ0) is 12.1. The zero-order valence-electron chi connectivity index (χ0n) is 9.63. The molecule has 1 aromatic carbocycles. The fraction of sp³-hybridized carbons (Fsp3) is 0.385. The van der Waals surface area contributed by atoms with Crippen LogP contribution in [-0.2, 0) is 4.79 Å². The first-order chi connectivity index (χ1) is 8.33. The SMILES string of the molecule is O=CNC(=O)N1CCCCC1c1ccccc1. The molecule has 0 aliphatic carbocycles. The van der Waals surface area contributed by atoms with E-state index < -0.39 is 0 Å². The van der Waals surface area contributed by atoms with Crippen LogP contribution in [0.25, 0.3) is 0 Å². The number of hydrogen-bond acceptors (Lipinski definition) is 2. The topological polar surface area (TPSA) is 49.4 Å². The highest BCUT2D eigenvalue weighted by atomic mass is 16.2. The van der Waals surface area contributed by atoms with E-state index in [9.17, 15) is 9.59 Å². The van der Waals surface area contributed by atoms with E-state index >= 15 is 0 Å². The molecule has 1 aromatic rings. The van der Waals surface area contributed by atoms with Gasteiger partial charge in [-0.3, -0.25) is 10.1 Å². The Balaban J connectivity index is 2.17. The van der Waals surface area contributed by atoms with E-state index in [0.717, 1.165) is 24.8 Å². The minimum atomic E-state index is -0.298. The highest BCUT2D eigenvalue weighted by Crippen LogP contribution is 2.30. The lowest BCUT2D eigenvalue weighted by atomic mass is 9.96. The molecule has 0 aromatic heterocycles. The normalized spacial score (nSPS) is 19.8. The molecule has 3 amide bonds. The van der Waals surface area contributed by atoms with Crippen molar-refractivity contribution in [1.82, 2.24) is 10.2 Å². The number of carbonyl (C=O) groups excluding carboxylic acids is 2. The Labute approximate surface area is 101 Å². The van der Waals surface area contributed by atoms with Crippen LogP contribution in [0, 0.1) is 0 Å². The van der Waals surface area contributed by atoms with Crippen LogP contribution in [-0.4, -0.2) is 23.9 Å². The molecule has 1 aliphatic rings. The zero-order valence-corrected chi connectivity index (χ0v) is 9.63. The van der Waals surface area contributed by atoms with Gasteiger partial charge in [0.15, 0.2) is 0 Å². The second-order valence-corrected chi connectivity index (χ2v) is 4.18. The molecule has 0 saturated carbocycles. The predicted octanol–water partition coefficient (Wildman–Crippen LogP) is 2.08. The van der Waals surface area contributed by atoms with Gasteiger partial charge in [-0.1, -0.05) is 30.3 Å². The third kappa shape index (κ3) is 2.64. The number of benzene rings is 1. The average Bonchev–Trinajstić information content (AvgIpc) is 2.40. The standard InChI is InChI=1S/C13H16N2O2/c16-10-14-13(17)15-9-5-4-8-12(15)11-6-2-1-3-7-11/h1-3,6-7,10,12H,4-5,8-9H2,(H,14,16,17). The maximum absolute atomic E-state index is 11.8. The summed E-state index contributed by atoms with van der Waals surface area (Å²) in [7, 11) is 0. The van der Waals surface area contributed by atoms with Gasteiger partial charge in [-0.15, -0.1) is 0 Å². The summed E-state index contributed by atoms with van der Waals surface area (Å²) in [4.78, 5) is 23.9. The van der Waals surface area contributed by atoms with Gasteiger partial charge >= 0.3 is 6.03 Å². The first-order valence-electron chi connectivity index (χ1n) is 5.88. The van der Waals surface area contributed by atoms with Crippen LogP contribution in [0.3, 0.4) is 0 Å². The summed E-state index contributed by atoms with van der Waals surface area (Å²) in [6.45, 7) is 0.708. The summed E-state index contributed by atoms with van der Waals surface area (Å²) in [6, 6.07) is 9.74. The van der Waals surface area contributed by atoms with Crippen LogP contribution in [0.4, 0.5) is 4.79 Å². The molecule has 1 aliphatic heterocycles. The van der Waals surface area contributed by atoms with Gasteiger partial charge in [-0.2, -0.15) is 0 Å². The van der Waals surface area contributed by atoms with E-state index in [4.69, 9.17) is 0 Å². The van der Waals surface area contributed by atoms with Crippen LogP contribution in [0.1, 0.15) is 30.9 Å². The lowest BCUT2D eigenvalue weighted by Gasteiger charge is -2.35. The van der Waals surface area contributed by atoms with E-state index in [-0.39, 0.29) is 12.1 Å². The second kappa shape index (κ2) is 5.48. The van der Waals surface area contributed by atoms with Crippen LogP contribution in [0.5, 0.6) is 0 Å². The molecule has 1 unspecified atom stereocenters. The Hall–Kier alpha value is -1.84. The summed E-state index contributed by atoms with van der Waals surface area (Å²) < 4.78 is 0. The molecule has 0 bridgehead atoms. The molecular formula is C13H16N2O2. The number of rotatable bonds is 2. The number of likely N-dealkylation sites (tertiary alicyclic amines) is 1. The molecule has 1 heterocycles. The molecule has 4 nitrogen and oxygen atoms in total. The molecule has 1 atom stereocenters. The molecule has 4 heteroatoms. The van der Waals surface area contributed by atoms with Crippen molar-refractivity contribution in [3.63, 3.8) is 0 Å². The van der Waals surface area contributed by atoms with E-state index in [1.54, 1.807) is 4.90 Å². The third-order valence-corrected chi connectivity index (χ3v) is 3.13. The largest absolute Gasteiger partial charge is 0.324 e. The van der Waals surface area contributed by atoms with Crippen molar-refractivity contribution >= 4 is 12.4 Å². The number of nitrogens with zero attached hydrogens (tertiary/aromatic N) is 1. The van der Waals surface area contributed by atoms with Gasteiger partial charge in [0.25, 0.3) is 0 Å². The fourth-order valence-electron chi connectivity index (χ4n) is 2.33. The Morgan fingerprint density at radius 1 is 1.29 bits per heavy atom. The molecule has 90 valence electrons. The molecule has 17 heavy (non-hydrogen) atoms. The molecule has 2 rings (SSSR count). The third-order valence-electron chi connectivity index (χ3n) is 3.13. The molecular weight excluding hydrogens is 216 g/mol. The maximum Gasteiger partial charge on any atom is 0.324 e. The number of carbonyl (C=O) groups is 2. The number of imide groups is 1. The number of piperidine rings is 1. The Bertz CT molecular complexity index is 392. The Morgan fingerprint density at radius 2 is 2.06 bits per heavy atom. The quantitative estimate of drug-likeness (QED) is 0.794. The minimum Gasteiger partial charge on any atom is -0.317 e. The van der Waals surface area contributed by atoms with E-state index in [0.29, 0.717) is 13.0 Å². The van der Waals surface area contributed by atoms with Gasteiger partial charge < -0.3 is 4.90 Å². The molecule has 1 saturated heterocycles. The lowest BCUT2D eigenvalue weighted by molar-refractivity contribution is -0.108. The summed E-state index contributed by atoms with van der Waals surface area (Å²) >= 11 is 0. The molecule has 1 fully saturated rings. The van der Waals surface area contributed by atoms with Crippen molar-refractivity contribution < 1.29 is 9.59 Å². The van der Waals surface area contributed by atoms with E-state index in [2.05, 4.69) is 5.32 Å². The van der Waals surface area contributed by atoms with Gasteiger partial charge in [-0.05, 0) is 24.8 Å². The first kappa shape index (κ1) is 11.6. The number of amides is 3. The summed E-state index contributed by atoms with van der Waals surface area (Å²) in [6.07, 6.45) is 3.51.